The van der Waals surface area contributed by atoms with Gasteiger partial charge in [-0.2, -0.15) is 0 Å². The molecule has 1 aliphatic heterocycles. The van der Waals surface area contributed by atoms with Gasteiger partial charge in [0.1, 0.15) is 0 Å². The molecular weight excluding hydrogens is 230 g/mol. The summed E-state index contributed by atoms with van der Waals surface area (Å²) in [7, 11) is 0. The second kappa shape index (κ2) is 7.36. The zero-order valence-corrected chi connectivity index (χ0v) is 11.7. The molecule has 0 bridgehead atoms. The Kier molecular flexibility index (Phi) is 6.12. The second-order valence-corrected chi connectivity index (χ2v) is 5.10. The van der Waals surface area contributed by atoms with E-state index in [0.717, 1.165) is 26.1 Å². The molecule has 0 spiro atoms. The van der Waals surface area contributed by atoms with Crippen LogP contribution in [0, 0.1) is 0 Å². The van der Waals surface area contributed by atoms with Gasteiger partial charge in [-0.25, -0.2) is 0 Å². The van der Waals surface area contributed by atoms with Crippen LogP contribution in [0.15, 0.2) is 0 Å². The third kappa shape index (κ3) is 5.04. The number of hydrogen-bond donors (Lipinski definition) is 1. The van der Waals surface area contributed by atoms with E-state index in [-0.39, 0.29) is 11.8 Å². The van der Waals surface area contributed by atoms with Crippen molar-refractivity contribution in [3.05, 3.63) is 0 Å². The molecule has 0 aromatic rings. The van der Waals surface area contributed by atoms with Gasteiger partial charge >= 0.3 is 0 Å². The van der Waals surface area contributed by atoms with Crippen molar-refractivity contribution in [2.75, 3.05) is 32.7 Å². The van der Waals surface area contributed by atoms with Crippen LogP contribution < -0.4 is 5.32 Å². The van der Waals surface area contributed by atoms with E-state index in [1.807, 2.05) is 9.80 Å². The molecule has 1 fully saturated rings. The number of amides is 2. The Morgan fingerprint density at radius 2 is 1.72 bits per heavy atom. The molecule has 5 nitrogen and oxygen atoms in total. The van der Waals surface area contributed by atoms with Crippen molar-refractivity contribution in [2.24, 2.45) is 0 Å². The first kappa shape index (κ1) is 15.0. The summed E-state index contributed by atoms with van der Waals surface area (Å²) >= 11 is 0. The second-order valence-electron chi connectivity index (χ2n) is 5.10. The Balaban J connectivity index is 2.33. The van der Waals surface area contributed by atoms with Gasteiger partial charge in [0.25, 0.3) is 0 Å². The molecule has 0 atom stereocenters. The standard InChI is InChI=1S/C13H25N3O2/c1-11(2)14-6-5-13(18)16-8-4-7-15(9-10-16)12(3)17/h11,14H,4-10H2,1-3H3. The number of rotatable bonds is 4. The average Bonchev–Trinajstić information content (AvgIpc) is 2.53. The first-order chi connectivity index (χ1) is 8.50. The third-order valence-corrected chi connectivity index (χ3v) is 3.19. The molecule has 1 saturated heterocycles. The van der Waals surface area contributed by atoms with Crippen molar-refractivity contribution in [1.29, 1.82) is 0 Å². The van der Waals surface area contributed by atoms with Gasteiger partial charge in [0.15, 0.2) is 0 Å². The molecule has 0 unspecified atom stereocenters. The van der Waals surface area contributed by atoms with E-state index in [1.165, 1.54) is 0 Å². The summed E-state index contributed by atoms with van der Waals surface area (Å²) in [6.07, 6.45) is 1.42. The van der Waals surface area contributed by atoms with Gasteiger partial charge in [0, 0.05) is 52.1 Å². The zero-order chi connectivity index (χ0) is 13.5. The number of hydrogen-bond acceptors (Lipinski definition) is 3. The van der Waals surface area contributed by atoms with Crippen LogP contribution in [-0.4, -0.2) is 60.4 Å². The fourth-order valence-electron chi connectivity index (χ4n) is 2.11. The summed E-state index contributed by atoms with van der Waals surface area (Å²) in [6, 6.07) is 0.412. The van der Waals surface area contributed by atoms with Crippen LogP contribution in [0.2, 0.25) is 0 Å². The molecule has 1 N–H and O–H groups in total. The van der Waals surface area contributed by atoms with Gasteiger partial charge in [0.2, 0.25) is 11.8 Å². The molecule has 1 rings (SSSR count). The Hall–Kier alpha value is -1.10. The number of carbonyl (C=O) groups is 2. The molecular formula is C13H25N3O2. The molecule has 1 aliphatic rings. The van der Waals surface area contributed by atoms with Gasteiger partial charge in [0.05, 0.1) is 0 Å². The molecule has 104 valence electrons. The van der Waals surface area contributed by atoms with Crippen molar-refractivity contribution >= 4 is 11.8 Å². The molecule has 0 radical (unpaired) electrons. The quantitative estimate of drug-likeness (QED) is 0.794. The van der Waals surface area contributed by atoms with Crippen molar-refractivity contribution < 1.29 is 9.59 Å². The maximum atomic E-state index is 12.0. The fraction of sp³-hybridized carbons (Fsp3) is 0.846. The van der Waals surface area contributed by atoms with Crippen molar-refractivity contribution in [2.45, 2.75) is 39.7 Å². The van der Waals surface area contributed by atoms with Crippen LogP contribution in [-0.2, 0) is 9.59 Å². The largest absolute Gasteiger partial charge is 0.341 e. The maximum absolute atomic E-state index is 12.0. The first-order valence-electron chi connectivity index (χ1n) is 6.77. The van der Waals surface area contributed by atoms with Crippen LogP contribution in [0.5, 0.6) is 0 Å². The summed E-state index contributed by atoms with van der Waals surface area (Å²) in [5, 5.41) is 3.25. The summed E-state index contributed by atoms with van der Waals surface area (Å²) in [4.78, 5) is 27.0. The third-order valence-electron chi connectivity index (χ3n) is 3.19. The molecule has 0 aromatic carbocycles. The Bertz CT molecular complexity index is 292. The summed E-state index contributed by atoms with van der Waals surface area (Å²) in [6.45, 7) is 9.32. The number of carbonyl (C=O) groups excluding carboxylic acids is 2. The van der Waals surface area contributed by atoms with Crippen molar-refractivity contribution in [3.8, 4) is 0 Å². The van der Waals surface area contributed by atoms with E-state index in [1.54, 1.807) is 6.92 Å². The molecule has 1 heterocycles. The van der Waals surface area contributed by atoms with E-state index in [2.05, 4.69) is 19.2 Å². The van der Waals surface area contributed by atoms with Gasteiger partial charge in [-0.05, 0) is 6.42 Å². The van der Waals surface area contributed by atoms with E-state index in [9.17, 15) is 9.59 Å². The number of nitrogens with one attached hydrogen (secondary N) is 1. The van der Waals surface area contributed by atoms with Crippen LogP contribution in [0.3, 0.4) is 0 Å². The van der Waals surface area contributed by atoms with Crippen LogP contribution in [0.1, 0.15) is 33.6 Å². The summed E-state index contributed by atoms with van der Waals surface area (Å²) in [5.41, 5.74) is 0. The van der Waals surface area contributed by atoms with Gasteiger partial charge in [-0.1, -0.05) is 13.8 Å². The molecule has 2 amide bonds. The van der Waals surface area contributed by atoms with Crippen LogP contribution in [0.4, 0.5) is 0 Å². The van der Waals surface area contributed by atoms with Gasteiger partial charge < -0.3 is 15.1 Å². The minimum absolute atomic E-state index is 0.103. The predicted molar refractivity (Wildman–Crippen MR) is 71.2 cm³/mol. The van der Waals surface area contributed by atoms with E-state index in [0.29, 0.717) is 25.6 Å². The van der Waals surface area contributed by atoms with E-state index < -0.39 is 0 Å². The Morgan fingerprint density at radius 3 is 2.33 bits per heavy atom. The maximum Gasteiger partial charge on any atom is 0.223 e. The van der Waals surface area contributed by atoms with Crippen molar-refractivity contribution in [1.82, 2.24) is 15.1 Å². The molecule has 0 aliphatic carbocycles. The monoisotopic (exact) mass is 255 g/mol. The highest BCUT2D eigenvalue weighted by atomic mass is 16.2. The Morgan fingerprint density at radius 1 is 1.11 bits per heavy atom. The van der Waals surface area contributed by atoms with Gasteiger partial charge in [-0.15, -0.1) is 0 Å². The minimum atomic E-state index is 0.103. The molecule has 0 saturated carbocycles. The predicted octanol–water partition coefficient (Wildman–Crippen LogP) is 0.455. The fourth-order valence-corrected chi connectivity index (χ4v) is 2.11. The molecule has 5 heteroatoms. The lowest BCUT2D eigenvalue weighted by molar-refractivity contribution is -0.132. The summed E-state index contributed by atoms with van der Waals surface area (Å²) < 4.78 is 0. The van der Waals surface area contributed by atoms with Crippen molar-refractivity contribution in [3.63, 3.8) is 0 Å². The normalized spacial score (nSPS) is 16.9. The first-order valence-corrected chi connectivity index (χ1v) is 6.77. The number of nitrogens with zero attached hydrogens (tertiary/aromatic N) is 2. The lowest BCUT2D eigenvalue weighted by Crippen LogP contribution is -2.38. The Labute approximate surface area is 110 Å². The molecule has 0 aromatic heterocycles. The lowest BCUT2D eigenvalue weighted by atomic mass is 10.3. The van der Waals surface area contributed by atoms with Gasteiger partial charge in [-0.3, -0.25) is 9.59 Å². The average molecular weight is 255 g/mol. The topological polar surface area (TPSA) is 52.7 Å². The van der Waals surface area contributed by atoms with Crippen LogP contribution >= 0.6 is 0 Å². The van der Waals surface area contributed by atoms with E-state index >= 15 is 0 Å². The molecule has 18 heavy (non-hydrogen) atoms. The lowest BCUT2D eigenvalue weighted by Gasteiger charge is -2.21. The summed E-state index contributed by atoms with van der Waals surface area (Å²) in [5.74, 6) is 0.291. The van der Waals surface area contributed by atoms with Crippen LogP contribution in [0.25, 0.3) is 0 Å². The SMILES string of the molecule is CC(=O)N1CCCN(C(=O)CCNC(C)C)CC1. The van der Waals surface area contributed by atoms with E-state index in [4.69, 9.17) is 0 Å². The highest BCUT2D eigenvalue weighted by Gasteiger charge is 2.19. The highest BCUT2D eigenvalue weighted by molar-refractivity contribution is 5.77. The minimum Gasteiger partial charge on any atom is -0.341 e. The highest BCUT2D eigenvalue weighted by Crippen LogP contribution is 2.05. The smallest absolute Gasteiger partial charge is 0.223 e. The zero-order valence-electron chi connectivity index (χ0n) is 11.7.